The van der Waals surface area contributed by atoms with E-state index in [9.17, 15) is 5.11 Å². The summed E-state index contributed by atoms with van der Waals surface area (Å²) in [6.07, 6.45) is 7.10. The molecule has 0 unspecified atom stereocenters. The molecule has 0 spiro atoms. The summed E-state index contributed by atoms with van der Waals surface area (Å²) in [5, 5.41) is 10.7. The van der Waals surface area contributed by atoms with E-state index in [1.165, 1.54) is 6.42 Å². The highest BCUT2D eigenvalue weighted by atomic mass is 16.5. The van der Waals surface area contributed by atoms with Crippen molar-refractivity contribution in [2.24, 2.45) is 0 Å². The maximum atomic E-state index is 10.7. The van der Waals surface area contributed by atoms with E-state index in [0.29, 0.717) is 6.61 Å². The van der Waals surface area contributed by atoms with Crippen molar-refractivity contribution in [2.75, 3.05) is 26.2 Å². The van der Waals surface area contributed by atoms with E-state index in [0.717, 1.165) is 56.8 Å². The largest absolute Gasteiger partial charge is 0.389 e. The number of rotatable bonds is 3. The monoisotopic (exact) mass is 291 g/mol. The number of aryl methyl sites for hydroxylation is 1. The first kappa shape index (κ1) is 14.9. The van der Waals surface area contributed by atoms with E-state index in [-0.39, 0.29) is 6.10 Å². The Morgan fingerprint density at radius 3 is 2.95 bits per heavy atom. The highest BCUT2D eigenvalue weighted by Gasteiger charge is 2.34. The van der Waals surface area contributed by atoms with Gasteiger partial charge in [-0.25, -0.2) is 9.97 Å². The molecule has 0 amide bonds. The number of β-amino-alcohol motifs (C(OH)–C–C–N with tert-alkyl or cyclic N) is 1. The van der Waals surface area contributed by atoms with Gasteiger partial charge in [-0.15, -0.1) is 0 Å². The number of hydrogen-bond acceptors (Lipinski definition) is 5. The summed E-state index contributed by atoms with van der Waals surface area (Å²) < 4.78 is 5.82. The Balaban J connectivity index is 1.63. The molecule has 5 nitrogen and oxygen atoms in total. The summed E-state index contributed by atoms with van der Waals surface area (Å²) in [6, 6.07) is 1.90. The second kappa shape index (κ2) is 6.38. The molecule has 5 heteroatoms. The van der Waals surface area contributed by atoms with E-state index >= 15 is 0 Å². The fourth-order valence-corrected chi connectivity index (χ4v) is 3.41. The Bertz CT molecular complexity index is 474. The summed E-state index contributed by atoms with van der Waals surface area (Å²) in [5.74, 6) is 0.760. The lowest BCUT2D eigenvalue weighted by Gasteiger charge is -2.40. The van der Waals surface area contributed by atoms with Crippen LogP contribution in [0.3, 0.4) is 0 Å². The van der Waals surface area contributed by atoms with Gasteiger partial charge in [-0.1, -0.05) is 19.3 Å². The van der Waals surface area contributed by atoms with Gasteiger partial charge in [-0.05, 0) is 25.8 Å². The molecule has 2 heterocycles. The average Bonchev–Trinajstić information content (AvgIpc) is 2.48. The molecule has 1 aliphatic heterocycles. The topological polar surface area (TPSA) is 58.5 Å². The third-order valence-corrected chi connectivity index (χ3v) is 4.55. The Morgan fingerprint density at radius 2 is 2.19 bits per heavy atom. The van der Waals surface area contributed by atoms with Gasteiger partial charge in [0.2, 0.25) is 0 Å². The molecule has 2 aliphatic rings. The number of ether oxygens (including phenoxy) is 1. The minimum absolute atomic E-state index is 0.0779. The van der Waals surface area contributed by atoms with Gasteiger partial charge in [0.25, 0.3) is 0 Å². The van der Waals surface area contributed by atoms with E-state index in [1.54, 1.807) is 6.20 Å². The van der Waals surface area contributed by atoms with Gasteiger partial charge in [0.15, 0.2) is 5.82 Å². The first-order valence-corrected chi connectivity index (χ1v) is 8.01. The van der Waals surface area contributed by atoms with Crippen molar-refractivity contribution in [2.45, 2.75) is 50.7 Å². The molecule has 116 valence electrons. The molecule has 1 aromatic heterocycles. The van der Waals surface area contributed by atoms with Crippen molar-refractivity contribution < 1.29 is 9.84 Å². The molecule has 1 N–H and O–H groups in total. The highest BCUT2D eigenvalue weighted by Crippen LogP contribution is 2.30. The molecule has 1 saturated heterocycles. The predicted octanol–water partition coefficient (Wildman–Crippen LogP) is 1.85. The van der Waals surface area contributed by atoms with Crippen LogP contribution in [-0.4, -0.2) is 51.8 Å². The molecule has 0 aromatic carbocycles. The smallest absolute Gasteiger partial charge is 0.158 e. The number of aliphatic hydroxyl groups is 1. The summed E-state index contributed by atoms with van der Waals surface area (Å²) >= 11 is 0. The number of morpholine rings is 1. The van der Waals surface area contributed by atoms with Gasteiger partial charge in [-0.2, -0.15) is 0 Å². The minimum atomic E-state index is -0.506. The fraction of sp³-hybridized carbons (Fsp3) is 0.750. The van der Waals surface area contributed by atoms with Gasteiger partial charge in [0.05, 0.1) is 12.2 Å². The van der Waals surface area contributed by atoms with E-state index in [4.69, 9.17) is 4.74 Å². The van der Waals surface area contributed by atoms with Gasteiger partial charge in [0, 0.05) is 31.5 Å². The van der Waals surface area contributed by atoms with Gasteiger partial charge in [-0.3, -0.25) is 4.90 Å². The van der Waals surface area contributed by atoms with Crippen LogP contribution in [0.25, 0.3) is 0 Å². The molecule has 1 aliphatic carbocycles. The quantitative estimate of drug-likeness (QED) is 0.921. The number of nitrogens with zero attached hydrogens (tertiary/aromatic N) is 3. The summed E-state index contributed by atoms with van der Waals surface area (Å²) in [7, 11) is 0. The first-order chi connectivity index (χ1) is 10.1. The summed E-state index contributed by atoms with van der Waals surface area (Å²) in [6.45, 7) is 5.05. The van der Waals surface area contributed by atoms with Crippen molar-refractivity contribution in [3.8, 4) is 0 Å². The molecule has 21 heavy (non-hydrogen) atoms. The van der Waals surface area contributed by atoms with Crippen LogP contribution in [0.5, 0.6) is 0 Å². The molecular weight excluding hydrogens is 266 g/mol. The molecule has 1 atom stereocenters. The molecule has 0 bridgehead atoms. The van der Waals surface area contributed by atoms with Gasteiger partial charge >= 0.3 is 0 Å². The lowest BCUT2D eigenvalue weighted by Crippen LogP contribution is -2.49. The van der Waals surface area contributed by atoms with Crippen LogP contribution >= 0.6 is 0 Å². The van der Waals surface area contributed by atoms with Crippen molar-refractivity contribution >= 4 is 0 Å². The van der Waals surface area contributed by atoms with Crippen molar-refractivity contribution in [3.63, 3.8) is 0 Å². The zero-order valence-electron chi connectivity index (χ0n) is 12.8. The lowest BCUT2D eigenvalue weighted by atomic mass is 9.84. The van der Waals surface area contributed by atoms with Gasteiger partial charge in [0.1, 0.15) is 6.10 Å². The molecule has 2 fully saturated rings. The van der Waals surface area contributed by atoms with Crippen LogP contribution in [0, 0.1) is 6.92 Å². The Labute approximate surface area is 126 Å². The SMILES string of the molecule is Cc1ccnc([C@@H]2CN(CC3(O)CCCCC3)CCO2)n1. The van der Waals surface area contributed by atoms with Crippen LogP contribution in [0.4, 0.5) is 0 Å². The highest BCUT2D eigenvalue weighted by molar-refractivity contribution is 5.03. The molecule has 3 rings (SSSR count). The Morgan fingerprint density at radius 1 is 1.38 bits per heavy atom. The molecule has 0 radical (unpaired) electrons. The number of hydrogen-bond donors (Lipinski definition) is 1. The zero-order chi connectivity index (χ0) is 14.7. The van der Waals surface area contributed by atoms with Crippen molar-refractivity contribution in [1.29, 1.82) is 0 Å². The normalized spacial score (nSPS) is 26.7. The van der Waals surface area contributed by atoms with Crippen molar-refractivity contribution in [1.82, 2.24) is 14.9 Å². The maximum Gasteiger partial charge on any atom is 0.158 e. The minimum Gasteiger partial charge on any atom is -0.389 e. The van der Waals surface area contributed by atoms with E-state index in [1.807, 2.05) is 13.0 Å². The van der Waals surface area contributed by atoms with Crippen LogP contribution in [-0.2, 0) is 4.74 Å². The molecule has 1 saturated carbocycles. The standard InChI is InChI=1S/C16H25N3O2/c1-13-5-8-17-15(18-13)14-11-19(9-10-21-14)12-16(20)6-3-2-4-7-16/h5,8,14,20H,2-4,6-7,9-12H2,1H3/t14-/m0/s1. The zero-order valence-corrected chi connectivity index (χ0v) is 12.8. The number of aromatic nitrogens is 2. The van der Waals surface area contributed by atoms with Crippen molar-refractivity contribution in [3.05, 3.63) is 23.8 Å². The first-order valence-electron chi connectivity index (χ1n) is 8.01. The molecule has 1 aromatic rings. The van der Waals surface area contributed by atoms with E-state index in [2.05, 4.69) is 14.9 Å². The molecular formula is C16H25N3O2. The fourth-order valence-electron chi connectivity index (χ4n) is 3.41. The summed E-state index contributed by atoms with van der Waals surface area (Å²) in [5.41, 5.74) is 0.458. The summed E-state index contributed by atoms with van der Waals surface area (Å²) in [4.78, 5) is 11.1. The van der Waals surface area contributed by atoms with E-state index < -0.39 is 5.60 Å². The Hall–Kier alpha value is -1.04. The third kappa shape index (κ3) is 3.78. The van der Waals surface area contributed by atoms with Gasteiger partial charge < -0.3 is 9.84 Å². The second-order valence-electron chi connectivity index (χ2n) is 6.44. The van der Waals surface area contributed by atoms with Crippen LogP contribution < -0.4 is 0 Å². The second-order valence-corrected chi connectivity index (χ2v) is 6.44. The maximum absolute atomic E-state index is 10.7. The average molecular weight is 291 g/mol. The lowest BCUT2D eigenvalue weighted by molar-refractivity contribution is -0.0788. The van der Waals surface area contributed by atoms with Crippen LogP contribution in [0.1, 0.15) is 49.7 Å². The van der Waals surface area contributed by atoms with Crippen LogP contribution in [0.2, 0.25) is 0 Å². The third-order valence-electron chi connectivity index (χ3n) is 4.55. The Kier molecular flexibility index (Phi) is 4.52. The van der Waals surface area contributed by atoms with Crippen LogP contribution in [0.15, 0.2) is 12.3 Å². The predicted molar refractivity (Wildman–Crippen MR) is 79.9 cm³/mol.